The molecule has 6 heteroatoms. The Bertz CT molecular complexity index is 1690. The predicted molar refractivity (Wildman–Crippen MR) is 357 cm³/mol. The van der Waals surface area contributed by atoms with Crippen molar-refractivity contribution in [1.29, 1.82) is 0 Å². The van der Waals surface area contributed by atoms with Crippen LogP contribution in [0.3, 0.4) is 0 Å². The minimum absolute atomic E-state index is 0.0941. The number of hydrogen-bond acceptors (Lipinski definition) is 6. The molecule has 82 heavy (non-hydrogen) atoms. The van der Waals surface area contributed by atoms with Gasteiger partial charge in [-0.1, -0.05) is 290 Å². The molecule has 0 amide bonds. The van der Waals surface area contributed by atoms with Crippen molar-refractivity contribution >= 4 is 17.9 Å². The SMILES string of the molecule is CC/C=C\C/C=C\C/C=C\C/C=C\C/C=C\C/C=C\C/C=C\CCCCCC(=O)OCC(COC(=O)CCCCCCCCC/C=C\CCCCCCCCC)OC(=O)CCCCCCCCCCC/C=C\C/C=C\CCCCCCC. The summed E-state index contributed by atoms with van der Waals surface area (Å²) in [5.41, 5.74) is 0. The molecular formula is C76H128O6. The normalized spacial score (nSPS) is 12.9. The van der Waals surface area contributed by atoms with Crippen LogP contribution in [0.1, 0.15) is 323 Å². The van der Waals surface area contributed by atoms with Crippen molar-refractivity contribution < 1.29 is 28.6 Å². The second-order valence-electron chi connectivity index (χ2n) is 22.7. The highest BCUT2D eigenvalue weighted by Crippen LogP contribution is 2.16. The number of unbranched alkanes of at least 4 members (excludes halogenated alkanes) is 31. The Hall–Kier alpha value is -4.19. The average molecular weight is 1140 g/mol. The van der Waals surface area contributed by atoms with E-state index in [0.717, 1.165) is 116 Å². The van der Waals surface area contributed by atoms with Crippen molar-refractivity contribution in [2.24, 2.45) is 0 Å². The maximum Gasteiger partial charge on any atom is 0.306 e. The van der Waals surface area contributed by atoms with Gasteiger partial charge in [-0.15, -0.1) is 0 Å². The molecular weight excluding hydrogens is 1010 g/mol. The van der Waals surface area contributed by atoms with Crippen LogP contribution in [0.2, 0.25) is 0 Å². The van der Waals surface area contributed by atoms with E-state index in [1.54, 1.807) is 0 Å². The number of hydrogen-bond donors (Lipinski definition) is 0. The molecule has 0 aliphatic heterocycles. The molecule has 0 bridgehead atoms. The van der Waals surface area contributed by atoms with Gasteiger partial charge in [0.15, 0.2) is 6.10 Å². The summed E-state index contributed by atoms with van der Waals surface area (Å²) >= 11 is 0. The summed E-state index contributed by atoms with van der Waals surface area (Å²) in [7, 11) is 0. The summed E-state index contributed by atoms with van der Waals surface area (Å²) in [5, 5.41) is 0. The number of rotatable bonds is 62. The Kier molecular flexibility index (Phi) is 65.8. The number of carbonyl (C=O) groups is 3. The van der Waals surface area contributed by atoms with Crippen LogP contribution in [0.4, 0.5) is 0 Å². The zero-order valence-electron chi connectivity index (χ0n) is 53.7. The Labute approximate surface area is 507 Å². The smallest absolute Gasteiger partial charge is 0.306 e. The van der Waals surface area contributed by atoms with Crippen molar-refractivity contribution in [2.45, 2.75) is 329 Å². The van der Waals surface area contributed by atoms with Gasteiger partial charge in [0.25, 0.3) is 0 Å². The lowest BCUT2D eigenvalue weighted by Gasteiger charge is -2.18. The fourth-order valence-corrected chi connectivity index (χ4v) is 9.51. The maximum atomic E-state index is 13.0. The van der Waals surface area contributed by atoms with Gasteiger partial charge >= 0.3 is 17.9 Å². The first kappa shape index (κ1) is 77.8. The molecule has 0 rings (SSSR count). The zero-order valence-corrected chi connectivity index (χ0v) is 53.7. The van der Waals surface area contributed by atoms with Gasteiger partial charge in [0.2, 0.25) is 0 Å². The molecule has 0 fully saturated rings. The lowest BCUT2D eigenvalue weighted by Crippen LogP contribution is -2.30. The first-order valence-corrected chi connectivity index (χ1v) is 34.5. The molecule has 0 heterocycles. The fraction of sp³-hybridized carbons (Fsp3) is 0.697. The predicted octanol–water partition coefficient (Wildman–Crippen LogP) is 23.9. The standard InChI is InChI=1S/C76H128O6/c1-4-7-10-13-16-19-22-25-28-31-34-36-37-38-39-41-42-45-48-51-54-57-60-63-66-69-75(78)81-72-73(71-80-74(77)68-65-62-59-56-53-50-47-44-33-30-27-24-21-18-15-12-9-6-3)82-76(79)70-67-64-61-58-55-52-49-46-43-40-35-32-29-26-23-20-17-14-11-8-5-2/h7,10,16,19,23,25-26,28,30,32-36,38-39,42,45,51,54,73H,4-6,8-9,11-15,17-18,20-22,24,27,29,31,37,40-41,43-44,46-50,52-53,55-72H2,1-3H3/b10-7-,19-16-,26-23-,28-25-,33-30-,35-32-,36-34-,39-38-,45-42-,54-51-. The molecule has 0 aromatic heterocycles. The van der Waals surface area contributed by atoms with Crippen LogP contribution < -0.4 is 0 Å². The van der Waals surface area contributed by atoms with Crippen molar-refractivity contribution in [3.63, 3.8) is 0 Å². The zero-order chi connectivity index (χ0) is 59.2. The molecule has 0 aliphatic carbocycles. The minimum atomic E-state index is -0.802. The lowest BCUT2D eigenvalue weighted by atomic mass is 10.1. The van der Waals surface area contributed by atoms with E-state index in [1.165, 1.54) is 167 Å². The number of esters is 3. The second-order valence-corrected chi connectivity index (χ2v) is 22.7. The van der Waals surface area contributed by atoms with Crippen LogP contribution >= 0.6 is 0 Å². The summed E-state index contributed by atoms with van der Waals surface area (Å²) in [6, 6.07) is 0. The van der Waals surface area contributed by atoms with Crippen LogP contribution in [0.25, 0.3) is 0 Å². The number of carbonyl (C=O) groups excluding carboxylic acids is 3. The lowest BCUT2D eigenvalue weighted by molar-refractivity contribution is -0.167. The van der Waals surface area contributed by atoms with E-state index in [1.807, 2.05) is 0 Å². The summed E-state index contributed by atoms with van der Waals surface area (Å²) in [5.74, 6) is -0.927. The minimum Gasteiger partial charge on any atom is -0.462 e. The van der Waals surface area contributed by atoms with Crippen LogP contribution in [-0.2, 0) is 28.6 Å². The van der Waals surface area contributed by atoms with Crippen LogP contribution in [0, 0.1) is 0 Å². The topological polar surface area (TPSA) is 78.9 Å². The summed E-state index contributed by atoms with van der Waals surface area (Å²) in [4.78, 5) is 38.5. The van der Waals surface area contributed by atoms with Crippen molar-refractivity contribution in [1.82, 2.24) is 0 Å². The van der Waals surface area contributed by atoms with E-state index in [-0.39, 0.29) is 31.1 Å². The van der Waals surface area contributed by atoms with Gasteiger partial charge in [-0.25, -0.2) is 0 Å². The van der Waals surface area contributed by atoms with Crippen LogP contribution in [-0.4, -0.2) is 37.2 Å². The van der Waals surface area contributed by atoms with E-state index in [0.29, 0.717) is 19.3 Å². The molecule has 0 N–H and O–H groups in total. The van der Waals surface area contributed by atoms with Crippen molar-refractivity contribution in [3.8, 4) is 0 Å². The molecule has 0 radical (unpaired) electrons. The molecule has 0 aromatic rings. The molecule has 6 nitrogen and oxygen atoms in total. The summed E-state index contributed by atoms with van der Waals surface area (Å²) in [6.45, 7) is 6.51. The van der Waals surface area contributed by atoms with E-state index < -0.39 is 6.10 Å². The Morgan fingerprint density at radius 1 is 0.256 bits per heavy atom. The van der Waals surface area contributed by atoms with Crippen LogP contribution in [0.15, 0.2) is 122 Å². The van der Waals surface area contributed by atoms with Crippen LogP contribution in [0.5, 0.6) is 0 Å². The maximum absolute atomic E-state index is 13.0. The molecule has 0 saturated carbocycles. The highest BCUT2D eigenvalue weighted by Gasteiger charge is 2.19. The fourth-order valence-electron chi connectivity index (χ4n) is 9.51. The van der Waals surface area contributed by atoms with Crippen molar-refractivity contribution in [3.05, 3.63) is 122 Å². The number of ether oxygens (including phenoxy) is 3. The van der Waals surface area contributed by atoms with Gasteiger partial charge in [-0.3, -0.25) is 14.4 Å². The van der Waals surface area contributed by atoms with Crippen molar-refractivity contribution in [2.75, 3.05) is 13.2 Å². The van der Waals surface area contributed by atoms with Gasteiger partial charge in [0.1, 0.15) is 13.2 Å². The molecule has 1 unspecified atom stereocenters. The van der Waals surface area contributed by atoms with E-state index >= 15 is 0 Å². The number of allylic oxidation sites excluding steroid dienone is 20. The van der Waals surface area contributed by atoms with E-state index in [9.17, 15) is 14.4 Å². The monoisotopic (exact) mass is 1140 g/mol. The molecule has 0 spiro atoms. The molecule has 0 saturated heterocycles. The van der Waals surface area contributed by atoms with Gasteiger partial charge < -0.3 is 14.2 Å². The molecule has 0 aromatic carbocycles. The largest absolute Gasteiger partial charge is 0.462 e. The molecule has 468 valence electrons. The highest BCUT2D eigenvalue weighted by molar-refractivity contribution is 5.71. The molecule has 1 atom stereocenters. The van der Waals surface area contributed by atoms with E-state index in [4.69, 9.17) is 14.2 Å². The molecule has 0 aliphatic rings. The Balaban J connectivity index is 4.47. The summed E-state index contributed by atoms with van der Waals surface area (Å²) in [6.07, 6.45) is 96.3. The van der Waals surface area contributed by atoms with Gasteiger partial charge in [0.05, 0.1) is 0 Å². The summed E-state index contributed by atoms with van der Waals surface area (Å²) < 4.78 is 17.0. The first-order chi connectivity index (χ1) is 40.5. The second kappa shape index (κ2) is 69.3. The highest BCUT2D eigenvalue weighted by atomic mass is 16.6. The van der Waals surface area contributed by atoms with Gasteiger partial charge in [-0.2, -0.15) is 0 Å². The first-order valence-electron chi connectivity index (χ1n) is 34.5. The third kappa shape index (κ3) is 66.6. The van der Waals surface area contributed by atoms with Gasteiger partial charge in [-0.05, 0) is 135 Å². The quantitative estimate of drug-likeness (QED) is 0.0261. The Morgan fingerprint density at radius 3 is 0.768 bits per heavy atom. The third-order valence-corrected chi connectivity index (χ3v) is 14.7. The van der Waals surface area contributed by atoms with E-state index in [2.05, 4.69) is 142 Å². The Morgan fingerprint density at radius 2 is 0.476 bits per heavy atom. The average Bonchev–Trinajstić information content (AvgIpc) is 3.47. The van der Waals surface area contributed by atoms with Gasteiger partial charge in [0, 0.05) is 19.3 Å². The third-order valence-electron chi connectivity index (χ3n) is 14.7.